The van der Waals surface area contributed by atoms with Crippen LogP contribution in [0.1, 0.15) is 5.56 Å². The first-order valence-corrected chi connectivity index (χ1v) is 6.19. The van der Waals surface area contributed by atoms with E-state index in [2.05, 4.69) is 9.72 Å². The summed E-state index contributed by atoms with van der Waals surface area (Å²) < 4.78 is 45.4. The molecule has 2 aromatic rings. The Morgan fingerprint density at radius 2 is 1.91 bits per heavy atom. The monoisotopic (exact) mass is 308 g/mol. The van der Waals surface area contributed by atoms with Gasteiger partial charge in [0, 0.05) is 11.8 Å². The molecule has 0 radical (unpaired) electrons. The van der Waals surface area contributed by atoms with Crippen LogP contribution >= 0.6 is 0 Å². The summed E-state index contributed by atoms with van der Waals surface area (Å²) in [6, 6.07) is 9.08. The number of nitrogens with zero attached hydrogens (tertiary/aromatic N) is 2. The van der Waals surface area contributed by atoms with Gasteiger partial charge in [0.05, 0.1) is 19.6 Å². The Labute approximate surface area is 124 Å². The Kier molecular flexibility index (Phi) is 4.51. The van der Waals surface area contributed by atoms with E-state index in [1.807, 2.05) is 6.07 Å². The fourth-order valence-corrected chi connectivity index (χ4v) is 1.89. The molecule has 1 aromatic heterocycles. The van der Waals surface area contributed by atoms with Crippen LogP contribution in [0.5, 0.6) is 11.6 Å². The predicted octanol–water partition coefficient (Wildman–Crippen LogP) is 3.72. The lowest BCUT2D eigenvalue weighted by molar-refractivity contribution is -0.274. The zero-order valence-corrected chi connectivity index (χ0v) is 11.5. The molecule has 0 aliphatic carbocycles. The highest BCUT2D eigenvalue weighted by molar-refractivity contribution is 5.69. The van der Waals surface area contributed by atoms with Gasteiger partial charge in [-0.3, -0.25) is 0 Å². The summed E-state index contributed by atoms with van der Waals surface area (Å²) in [6.45, 7) is 0. The fraction of sp³-hybridized carbons (Fsp3) is 0.200. The maximum Gasteiger partial charge on any atom is 0.573 e. The molecule has 2 rings (SSSR count). The van der Waals surface area contributed by atoms with Crippen LogP contribution in [0.25, 0.3) is 11.1 Å². The number of benzene rings is 1. The number of aromatic nitrogens is 1. The highest BCUT2D eigenvalue weighted by Gasteiger charge is 2.31. The second kappa shape index (κ2) is 6.35. The summed E-state index contributed by atoms with van der Waals surface area (Å²) in [5.74, 6) is 0.0162. The molecule has 0 bridgehead atoms. The number of halogens is 3. The Bertz CT molecular complexity index is 691. The van der Waals surface area contributed by atoms with E-state index in [1.54, 1.807) is 6.07 Å². The van der Waals surface area contributed by atoms with Gasteiger partial charge in [-0.2, -0.15) is 5.26 Å². The first-order valence-electron chi connectivity index (χ1n) is 6.19. The average molecular weight is 308 g/mol. The van der Waals surface area contributed by atoms with E-state index < -0.39 is 6.36 Å². The van der Waals surface area contributed by atoms with Gasteiger partial charge >= 0.3 is 6.36 Å². The summed E-state index contributed by atoms with van der Waals surface area (Å²) >= 11 is 0. The Morgan fingerprint density at radius 1 is 1.23 bits per heavy atom. The van der Waals surface area contributed by atoms with Gasteiger partial charge in [0.25, 0.3) is 0 Å². The van der Waals surface area contributed by atoms with E-state index in [0.29, 0.717) is 22.6 Å². The zero-order valence-electron chi connectivity index (χ0n) is 11.5. The van der Waals surface area contributed by atoms with Crippen LogP contribution in [0.3, 0.4) is 0 Å². The number of ether oxygens (including phenoxy) is 2. The summed E-state index contributed by atoms with van der Waals surface area (Å²) in [6.07, 6.45) is -3.03. The number of nitriles is 1. The number of pyridine rings is 1. The van der Waals surface area contributed by atoms with E-state index in [4.69, 9.17) is 10.00 Å². The van der Waals surface area contributed by atoms with Crippen LogP contribution in [-0.2, 0) is 6.42 Å². The van der Waals surface area contributed by atoms with Crippen molar-refractivity contribution in [1.29, 1.82) is 5.26 Å². The maximum atomic E-state index is 12.1. The standard InChI is InChI=1S/C15H11F3N2O2/c1-21-14-13(8-10(6-7-19)9-20-14)11-2-4-12(5-3-11)22-15(16,17)18/h2-5,8-9H,6H2,1H3. The van der Waals surface area contributed by atoms with E-state index in [-0.39, 0.29) is 12.2 Å². The van der Waals surface area contributed by atoms with Gasteiger partial charge in [-0.15, -0.1) is 13.2 Å². The van der Waals surface area contributed by atoms with E-state index in [1.165, 1.54) is 37.6 Å². The smallest absolute Gasteiger partial charge is 0.481 e. The zero-order chi connectivity index (χ0) is 16.2. The quantitative estimate of drug-likeness (QED) is 0.863. The lowest BCUT2D eigenvalue weighted by Gasteiger charge is -2.11. The summed E-state index contributed by atoms with van der Waals surface area (Å²) in [7, 11) is 1.44. The second-order valence-electron chi connectivity index (χ2n) is 4.31. The molecule has 0 unspecified atom stereocenters. The molecule has 7 heteroatoms. The molecule has 0 amide bonds. The topological polar surface area (TPSA) is 55.1 Å². The molecule has 0 saturated heterocycles. The highest BCUT2D eigenvalue weighted by atomic mass is 19.4. The van der Waals surface area contributed by atoms with Crippen molar-refractivity contribution in [2.24, 2.45) is 0 Å². The first-order chi connectivity index (χ1) is 10.4. The van der Waals surface area contributed by atoms with Crippen molar-refractivity contribution >= 4 is 0 Å². The summed E-state index contributed by atoms with van der Waals surface area (Å²) in [5.41, 5.74) is 1.89. The largest absolute Gasteiger partial charge is 0.573 e. The van der Waals surface area contributed by atoms with Crippen molar-refractivity contribution in [2.75, 3.05) is 7.11 Å². The molecular weight excluding hydrogens is 297 g/mol. The Morgan fingerprint density at radius 3 is 2.45 bits per heavy atom. The van der Waals surface area contributed by atoms with Crippen molar-refractivity contribution in [3.63, 3.8) is 0 Å². The van der Waals surface area contributed by atoms with Gasteiger partial charge in [-0.05, 0) is 29.3 Å². The van der Waals surface area contributed by atoms with E-state index in [0.717, 1.165) is 0 Å². The molecule has 22 heavy (non-hydrogen) atoms. The molecule has 1 aromatic carbocycles. The minimum Gasteiger partial charge on any atom is -0.481 e. The molecule has 1 heterocycles. The number of rotatable bonds is 4. The minimum atomic E-state index is -4.73. The second-order valence-corrected chi connectivity index (χ2v) is 4.31. The van der Waals surface area contributed by atoms with E-state index in [9.17, 15) is 13.2 Å². The normalized spacial score (nSPS) is 10.9. The maximum absolute atomic E-state index is 12.1. The van der Waals surface area contributed by atoms with Gasteiger partial charge in [-0.25, -0.2) is 4.98 Å². The van der Waals surface area contributed by atoms with Crippen LogP contribution in [0.4, 0.5) is 13.2 Å². The average Bonchev–Trinajstić information content (AvgIpc) is 2.47. The lowest BCUT2D eigenvalue weighted by Crippen LogP contribution is -2.16. The molecule has 0 N–H and O–H groups in total. The molecule has 0 aliphatic heterocycles. The molecule has 4 nitrogen and oxygen atoms in total. The Hall–Kier alpha value is -2.75. The predicted molar refractivity (Wildman–Crippen MR) is 72.2 cm³/mol. The van der Waals surface area contributed by atoms with Crippen LogP contribution < -0.4 is 9.47 Å². The van der Waals surface area contributed by atoms with Gasteiger partial charge in [0.1, 0.15) is 5.75 Å². The van der Waals surface area contributed by atoms with E-state index >= 15 is 0 Å². The lowest BCUT2D eigenvalue weighted by atomic mass is 10.0. The van der Waals surface area contributed by atoms with Crippen LogP contribution in [0.2, 0.25) is 0 Å². The van der Waals surface area contributed by atoms with Crippen LogP contribution in [-0.4, -0.2) is 18.5 Å². The molecule has 0 saturated carbocycles. The summed E-state index contributed by atoms with van der Waals surface area (Å²) in [5, 5.41) is 8.72. The Balaban J connectivity index is 2.35. The van der Waals surface area contributed by atoms with Gasteiger partial charge in [0.15, 0.2) is 0 Å². The number of hydrogen-bond donors (Lipinski definition) is 0. The molecule has 114 valence electrons. The third kappa shape index (κ3) is 3.88. The van der Waals surface area contributed by atoms with Gasteiger partial charge in [-0.1, -0.05) is 12.1 Å². The minimum absolute atomic E-state index is 0.180. The van der Waals surface area contributed by atoms with Crippen molar-refractivity contribution < 1.29 is 22.6 Å². The first kappa shape index (κ1) is 15.6. The third-order valence-electron chi connectivity index (χ3n) is 2.78. The van der Waals surface area contributed by atoms with Crippen molar-refractivity contribution in [1.82, 2.24) is 4.98 Å². The van der Waals surface area contributed by atoms with Crippen molar-refractivity contribution in [2.45, 2.75) is 12.8 Å². The van der Waals surface area contributed by atoms with Gasteiger partial charge < -0.3 is 9.47 Å². The number of hydrogen-bond acceptors (Lipinski definition) is 4. The molecule has 0 atom stereocenters. The van der Waals surface area contributed by atoms with Crippen molar-refractivity contribution in [3.8, 4) is 28.8 Å². The molecular formula is C15H11F3N2O2. The molecule has 0 fully saturated rings. The highest BCUT2D eigenvalue weighted by Crippen LogP contribution is 2.31. The number of methoxy groups -OCH3 is 1. The number of alkyl halides is 3. The van der Waals surface area contributed by atoms with Crippen molar-refractivity contribution in [3.05, 3.63) is 42.1 Å². The molecule has 0 aliphatic rings. The fourth-order valence-electron chi connectivity index (χ4n) is 1.89. The van der Waals surface area contributed by atoms with Gasteiger partial charge in [0.2, 0.25) is 5.88 Å². The third-order valence-corrected chi connectivity index (χ3v) is 2.78. The van der Waals surface area contributed by atoms with Crippen LogP contribution in [0, 0.1) is 11.3 Å². The SMILES string of the molecule is COc1ncc(CC#N)cc1-c1ccc(OC(F)(F)F)cc1. The summed E-state index contributed by atoms with van der Waals surface area (Å²) in [4.78, 5) is 4.09. The van der Waals surface area contributed by atoms with Crippen LogP contribution in [0.15, 0.2) is 36.5 Å². The molecule has 0 spiro atoms.